The van der Waals surface area contributed by atoms with E-state index in [2.05, 4.69) is 5.32 Å². The van der Waals surface area contributed by atoms with Gasteiger partial charge in [-0.15, -0.1) is 0 Å². The first kappa shape index (κ1) is 22.4. The Balaban J connectivity index is 1.73. The lowest BCUT2D eigenvalue weighted by molar-refractivity contribution is -0.240. The van der Waals surface area contributed by atoms with E-state index in [0.717, 1.165) is 0 Å². The van der Waals surface area contributed by atoms with E-state index in [0.29, 0.717) is 0 Å². The average molecular weight is 431 g/mol. The molecule has 1 amide bonds. The zero-order valence-electron chi connectivity index (χ0n) is 16.6. The van der Waals surface area contributed by atoms with Crippen LogP contribution in [0.3, 0.4) is 0 Å². The summed E-state index contributed by atoms with van der Waals surface area (Å²) < 4.78 is 30.9. The molecule has 3 rings (SSSR count). The maximum Gasteiger partial charge on any atom is 0.338 e. The number of benzene rings is 2. The van der Waals surface area contributed by atoms with Gasteiger partial charge >= 0.3 is 11.9 Å². The first-order chi connectivity index (χ1) is 14.9. The highest BCUT2D eigenvalue weighted by Crippen LogP contribution is 2.26. The van der Waals surface area contributed by atoms with Crippen molar-refractivity contribution in [2.75, 3.05) is 6.61 Å². The summed E-state index contributed by atoms with van der Waals surface area (Å²) in [6, 6.07) is 14.6. The Morgan fingerprint density at radius 1 is 1.00 bits per heavy atom. The van der Waals surface area contributed by atoms with E-state index in [-0.39, 0.29) is 11.1 Å². The third-order valence-corrected chi connectivity index (χ3v) is 4.66. The van der Waals surface area contributed by atoms with Crippen molar-refractivity contribution in [3.8, 4) is 0 Å². The van der Waals surface area contributed by atoms with Gasteiger partial charge in [0.25, 0.3) is 0 Å². The van der Waals surface area contributed by atoms with Crippen LogP contribution < -0.4 is 5.32 Å². The van der Waals surface area contributed by atoms with Gasteiger partial charge in [-0.25, -0.2) is 14.0 Å². The SMILES string of the molecule is CC(=O)N[C@H]1[C@@H](OC(=O)c2ccccc2)[C@H](F)[C@H](COC(=O)c2ccccc2)O[C@@H]1O. The second kappa shape index (κ2) is 10.1. The molecule has 0 spiro atoms. The van der Waals surface area contributed by atoms with Crippen molar-refractivity contribution in [2.45, 2.75) is 37.6 Å². The third kappa shape index (κ3) is 5.65. The minimum Gasteiger partial charge on any atom is -0.459 e. The number of ether oxygens (including phenoxy) is 3. The van der Waals surface area contributed by atoms with Crippen LogP contribution in [-0.4, -0.2) is 60.3 Å². The molecule has 0 bridgehead atoms. The standard InChI is InChI=1S/C22H22FNO7/c1-13(25)24-18-19(31-21(27)15-10-6-3-7-11-15)17(23)16(30-22(18)28)12-29-20(26)14-8-4-2-5-9-14/h2-11,16-19,22,28H,12H2,1H3,(H,24,25)/t16-,17+,18-,19-,22-/m0/s1. The van der Waals surface area contributed by atoms with Gasteiger partial charge in [0.2, 0.25) is 5.91 Å². The van der Waals surface area contributed by atoms with Gasteiger partial charge < -0.3 is 24.6 Å². The van der Waals surface area contributed by atoms with Gasteiger partial charge in [0.1, 0.15) is 18.8 Å². The monoisotopic (exact) mass is 431 g/mol. The molecule has 5 atom stereocenters. The van der Waals surface area contributed by atoms with Gasteiger partial charge in [-0.2, -0.15) is 0 Å². The Kier molecular flexibility index (Phi) is 7.32. The first-order valence-corrected chi connectivity index (χ1v) is 9.59. The molecule has 1 heterocycles. The van der Waals surface area contributed by atoms with Crippen molar-refractivity contribution in [2.24, 2.45) is 0 Å². The van der Waals surface area contributed by atoms with Gasteiger partial charge in [0.05, 0.1) is 11.1 Å². The molecule has 1 saturated heterocycles. The molecule has 31 heavy (non-hydrogen) atoms. The van der Waals surface area contributed by atoms with Gasteiger partial charge in [-0.1, -0.05) is 36.4 Å². The molecule has 1 aliphatic heterocycles. The Bertz CT molecular complexity index is 909. The van der Waals surface area contributed by atoms with Crippen LogP contribution in [0.25, 0.3) is 0 Å². The maximum absolute atomic E-state index is 15.3. The largest absolute Gasteiger partial charge is 0.459 e. The fourth-order valence-electron chi connectivity index (χ4n) is 3.15. The molecule has 2 N–H and O–H groups in total. The number of amides is 1. The van der Waals surface area contributed by atoms with Crippen LogP contribution in [0.4, 0.5) is 4.39 Å². The van der Waals surface area contributed by atoms with Crippen LogP contribution >= 0.6 is 0 Å². The summed E-state index contributed by atoms with van der Waals surface area (Å²) in [6.07, 6.45) is -6.66. The van der Waals surface area contributed by atoms with Gasteiger partial charge in [0, 0.05) is 6.92 Å². The molecule has 2 aromatic rings. The summed E-state index contributed by atoms with van der Waals surface area (Å²) >= 11 is 0. The minimum absolute atomic E-state index is 0.171. The van der Waals surface area contributed by atoms with Crippen LogP contribution in [-0.2, 0) is 19.0 Å². The number of aliphatic hydroxyl groups is 1. The van der Waals surface area contributed by atoms with E-state index in [1.807, 2.05) is 0 Å². The molecule has 0 unspecified atom stereocenters. The summed E-state index contributed by atoms with van der Waals surface area (Å²) in [5.41, 5.74) is 0.432. The highest BCUT2D eigenvalue weighted by atomic mass is 19.1. The minimum atomic E-state index is -1.99. The Hall–Kier alpha value is -3.30. The van der Waals surface area contributed by atoms with Crippen molar-refractivity contribution in [3.63, 3.8) is 0 Å². The van der Waals surface area contributed by atoms with E-state index >= 15 is 4.39 Å². The number of hydrogen-bond acceptors (Lipinski definition) is 7. The number of rotatable bonds is 6. The zero-order chi connectivity index (χ0) is 22.4. The predicted molar refractivity (Wildman–Crippen MR) is 106 cm³/mol. The lowest BCUT2D eigenvalue weighted by atomic mass is 9.97. The van der Waals surface area contributed by atoms with Crippen molar-refractivity contribution in [1.29, 1.82) is 0 Å². The van der Waals surface area contributed by atoms with E-state index in [1.54, 1.807) is 36.4 Å². The second-order valence-corrected chi connectivity index (χ2v) is 6.94. The van der Waals surface area contributed by atoms with E-state index < -0.39 is 55.2 Å². The summed E-state index contributed by atoms with van der Waals surface area (Å²) in [4.78, 5) is 36.1. The normalized spacial score (nSPS) is 25.3. The number of carbonyl (C=O) groups is 3. The number of hydrogen-bond donors (Lipinski definition) is 2. The number of carbonyl (C=O) groups excluding carboxylic acids is 3. The third-order valence-electron chi connectivity index (χ3n) is 4.66. The van der Waals surface area contributed by atoms with Crippen LogP contribution in [0.1, 0.15) is 27.6 Å². The first-order valence-electron chi connectivity index (χ1n) is 9.59. The number of halogens is 1. The molecular weight excluding hydrogens is 409 g/mol. The van der Waals surface area contributed by atoms with E-state index in [4.69, 9.17) is 14.2 Å². The number of aliphatic hydroxyl groups excluding tert-OH is 1. The van der Waals surface area contributed by atoms with Crippen molar-refractivity contribution in [1.82, 2.24) is 5.32 Å². The molecule has 9 heteroatoms. The molecule has 0 radical (unpaired) electrons. The van der Waals surface area contributed by atoms with Crippen LogP contribution in [0.15, 0.2) is 60.7 Å². The Morgan fingerprint density at radius 3 is 2.10 bits per heavy atom. The molecule has 0 aliphatic carbocycles. The van der Waals surface area contributed by atoms with E-state index in [1.165, 1.54) is 31.2 Å². The molecule has 0 saturated carbocycles. The topological polar surface area (TPSA) is 111 Å². The summed E-state index contributed by atoms with van der Waals surface area (Å²) in [5, 5.41) is 12.6. The zero-order valence-corrected chi connectivity index (χ0v) is 16.6. The van der Waals surface area contributed by atoms with Crippen molar-refractivity contribution in [3.05, 3.63) is 71.8 Å². The molecule has 1 aliphatic rings. The molecular formula is C22H22FNO7. The molecule has 164 valence electrons. The quantitative estimate of drug-likeness (QED) is 0.669. The van der Waals surface area contributed by atoms with Gasteiger partial charge in [-0.05, 0) is 24.3 Å². The number of esters is 2. The Morgan fingerprint density at radius 2 is 1.55 bits per heavy atom. The van der Waals surface area contributed by atoms with Crippen molar-refractivity contribution >= 4 is 17.8 Å². The highest BCUT2D eigenvalue weighted by Gasteiger charge is 2.49. The lowest BCUT2D eigenvalue weighted by Crippen LogP contribution is -2.64. The molecule has 2 aromatic carbocycles. The summed E-state index contributed by atoms with van der Waals surface area (Å²) in [6.45, 7) is 0.641. The molecule has 1 fully saturated rings. The van der Waals surface area contributed by atoms with Crippen LogP contribution in [0, 0.1) is 0 Å². The van der Waals surface area contributed by atoms with Gasteiger partial charge in [-0.3, -0.25) is 4.79 Å². The molecule has 8 nitrogen and oxygen atoms in total. The van der Waals surface area contributed by atoms with Gasteiger partial charge in [0.15, 0.2) is 18.6 Å². The molecule has 0 aromatic heterocycles. The summed E-state index contributed by atoms with van der Waals surface area (Å²) in [7, 11) is 0. The van der Waals surface area contributed by atoms with Crippen LogP contribution in [0.5, 0.6) is 0 Å². The highest BCUT2D eigenvalue weighted by molar-refractivity contribution is 5.90. The average Bonchev–Trinajstić information content (AvgIpc) is 2.78. The Labute approximate surface area is 177 Å². The van der Waals surface area contributed by atoms with Crippen LogP contribution in [0.2, 0.25) is 0 Å². The fraction of sp³-hybridized carbons (Fsp3) is 0.318. The summed E-state index contributed by atoms with van der Waals surface area (Å²) in [5.74, 6) is -2.11. The lowest BCUT2D eigenvalue weighted by Gasteiger charge is -2.41. The predicted octanol–water partition coefficient (Wildman–Crippen LogP) is 1.63. The van der Waals surface area contributed by atoms with Crippen molar-refractivity contribution < 1.29 is 38.1 Å². The second-order valence-electron chi connectivity index (χ2n) is 6.94. The fourth-order valence-corrected chi connectivity index (χ4v) is 3.15. The number of nitrogens with one attached hydrogen (secondary N) is 1. The maximum atomic E-state index is 15.3. The smallest absolute Gasteiger partial charge is 0.338 e. The van der Waals surface area contributed by atoms with E-state index in [9.17, 15) is 19.5 Å². The number of alkyl halides is 1.